The molecule has 2 aliphatic rings. The third-order valence-corrected chi connectivity index (χ3v) is 7.21. The van der Waals surface area contributed by atoms with Crippen LogP contribution < -0.4 is 0 Å². The number of carbonyl (C=O) groups excluding carboxylic acids is 1. The van der Waals surface area contributed by atoms with E-state index in [1.807, 2.05) is 12.1 Å². The second-order valence-corrected chi connectivity index (χ2v) is 9.79. The fraction of sp³-hybridized carbons (Fsp3) is 0.679. The smallest absolute Gasteiger partial charge is 0.338 e. The third-order valence-electron chi connectivity index (χ3n) is 7.21. The molecule has 3 rings (SSSR count). The molecule has 1 saturated carbocycles. The summed E-state index contributed by atoms with van der Waals surface area (Å²) in [5.41, 5.74) is 3.42. The summed E-state index contributed by atoms with van der Waals surface area (Å²) in [6.45, 7) is 4.57. The summed E-state index contributed by atoms with van der Waals surface area (Å²) >= 11 is 0. The van der Waals surface area contributed by atoms with Gasteiger partial charge < -0.3 is 4.74 Å². The minimum absolute atomic E-state index is 0.109. The number of allylic oxidation sites excluding steroid dienone is 2. The summed E-state index contributed by atoms with van der Waals surface area (Å²) in [5.74, 6) is 1.48. The van der Waals surface area contributed by atoms with E-state index in [2.05, 4.69) is 32.1 Å². The zero-order chi connectivity index (χ0) is 21.2. The lowest BCUT2D eigenvalue weighted by atomic mass is 9.83. The Balaban J connectivity index is 1.41. The van der Waals surface area contributed by atoms with Gasteiger partial charge in [0.2, 0.25) is 0 Å². The molecule has 0 aromatic heterocycles. The number of unbranched alkanes of at least 4 members (excludes halogenated alkanes) is 5. The largest absolute Gasteiger partial charge is 0.459 e. The van der Waals surface area contributed by atoms with E-state index in [1.165, 1.54) is 88.2 Å². The zero-order valence-corrected chi connectivity index (χ0v) is 19.3. The number of benzene rings is 1. The first-order valence-corrected chi connectivity index (χ1v) is 12.7. The lowest BCUT2D eigenvalue weighted by molar-refractivity contribution is 0.0174. The van der Waals surface area contributed by atoms with Crippen LogP contribution in [-0.4, -0.2) is 12.1 Å². The first-order chi connectivity index (χ1) is 14.7. The first kappa shape index (κ1) is 23.1. The molecule has 1 aromatic rings. The Morgan fingerprint density at radius 2 is 1.63 bits per heavy atom. The molecular weight excluding hydrogens is 368 g/mol. The van der Waals surface area contributed by atoms with Crippen LogP contribution in [0, 0.1) is 11.8 Å². The molecule has 0 aliphatic heterocycles. The Labute approximate surface area is 184 Å². The number of carbonyl (C=O) groups is 1. The van der Waals surface area contributed by atoms with E-state index in [4.69, 9.17) is 4.74 Å². The Hall–Kier alpha value is -1.57. The highest BCUT2D eigenvalue weighted by Crippen LogP contribution is 2.33. The van der Waals surface area contributed by atoms with Gasteiger partial charge in [-0.05, 0) is 80.1 Å². The van der Waals surface area contributed by atoms with Crippen LogP contribution in [0.1, 0.15) is 120 Å². The maximum atomic E-state index is 12.5. The highest BCUT2D eigenvalue weighted by atomic mass is 16.5. The molecular formula is C28H42O2. The van der Waals surface area contributed by atoms with Crippen molar-refractivity contribution >= 4 is 11.5 Å². The molecule has 0 saturated heterocycles. The summed E-state index contributed by atoms with van der Waals surface area (Å²) in [6.07, 6.45) is 20.4. The van der Waals surface area contributed by atoms with Crippen molar-refractivity contribution < 1.29 is 9.53 Å². The average Bonchev–Trinajstić information content (AvgIpc) is 2.78. The maximum Gasteiger partial charge on any atom is 0.338 e. The summed E-state index contributed by atoms with van der Waals surface area (Å²) in [6, 6.07) is 8.12. The van der Waals surface area contributed by atoms with Crippen LogP contribution >= 0.6 is 0 Å². The van der Waals surface area contributed by atoms with Crippen LogP contribution in [0.15, 0.2) is 30.3 Å². The number of hydrogen-bond donors (Lipinski definition) is 0. The summed E-state index contributed by atoms with van der Waals surface area (Å²) < 4.78 is 5.74. The van der Waals surface area contributed by atoms with Gasteiger partial charge in [0.15, 0.2) is 0 Å². The normalized spacial score (nSPS) is 24.3. The first-order valence-electron chi connectivity index (χ1n) is 12.7. The molecule has 1 fully saturated rings. The van der Waals surface area contributed by atoms with E-state index in [-0.39, 0.29) is 12.1 Å². The van der Waals surface area contributed by atoms with Crippen LogP contribution in [0.3, 0.4) is 0 Å². The van der Waals surface area contributed by atoms with Gasteiger partial charge in [-0.2, -0.15) is 0 Å². The second kappa shape index (κ2) is 12.3. The molecule has 1 atom stereocenters. The number of ether oxygens (including phenoxy) is 1. The number of hydrogen-bond acceptors (Lipinski definition) is 2. The Kier molecular flexibility index (Phi) is 9.49. The van der Waals surface area contributed by atoms with Gasteiger partial charge in [0.1, 0.15) is 6.10 Å². The summed E-state index contributed by atoms with van der Waals surface area (Å²) in [7, 11) is 0. The van der Waals surface area contributed by atoms with Crippen molar-refractivity contribution in [3.63, 3.8) is 0 Å². The van der Waals surface area contributed by atoms with Crippen molar-refractivity contribution in [2.24, 2.45) is 11.8 Å². The van der Waals surface area contributed by atoms with Gasteiger partial charge in [0, 0.05) is 0 Å². The van der Waals surface area contributed by atoms with E-state index < -0.39 is 0 Å². The highest BCUT2D eigenvalue weighted by molar-refractivity contribution is 5.90. The van der Waals surface area contributed by atoms with E-state index >= 15 is 0 Å². The van der Waals surface area contributed by atoms with Gasteiger partial charge in [-0.1, -0.05) is 77.0 Å². The van der Waals surface area contributed by atoms with Crippen molar-refractivity contribution in [2.75, 3.05) is 0 Å². The molecule has 0 spiro atoms. The molecule has 2 heteroatoms. The molecule has 30 heavy (non-hydrogen) atoms. The average molecular weight is 411 g/mol. The molecule has 166 valence electrons. The Bertz CT molecular complexity index is 664. The van der Waals surface area contributed by atoms with E-state index in [1.54, 1.807) is 0 Å². The SMILES string of the molecule is CCCCCCCCC1CC=C(c2ccc(C(=O)OC3CCC(C)CC3)cc2)CC1. The minimum atomic E-state index is -0.155. The van der Waals surface area contributed by atoms with Crippen molar-refractivity contribution in [1.82, 2.24) is 0 Å². The molecule has 1 aromatic carbocycles. The van der Waals surface area contributed by atoms with Gasteiger partial charge in [-0.25, -0.2) is 4.79 Å². The van der Waals surface area contributed by atoms with E-state index in [0.717, 1.165) is 24.7 Å². The lowest BCUT2D eigenvalue weighted by Gasteiger charge is -2.26. The number of esters is 1. The van der Waals surface area contributed by atoms with Gasteiger partial charge in [0.05, 0.1) is 5.56 Å². The molecule has 0 radical (unpaired) electrons. The van der Waals surface area contributed by atoms with Gasteiger partial charge in [0.25, 0.3) is 0 Å². The third kappa shape index (κ3) is 7.29. The molecule has 1 unspecified atom stereocenters. The van der Waals surface area contributed by atoms with Gasteiger partial charge >= 0.3 is 5.97 Å². The van der Waals surface area contributed by atoms with Crippen molar-refractivity contribution in [3.05, 3.63) is 41.5 Å². The Morgan fingerprint density at radius 3 is 2.30 bits per heavy atom. The van der Waals surface area contributed by atoms with Crippen LogP contribution in [-0.2, 0) is 4.74 Å². The molecule has 0 heterocycles. The molecule has 0 amide bonds. The zero-order valence-electron chi connectivity index (χ0n) is 19.3. The summed E-state index contributed by atoms with van der Waals surface area (Å²) in [4.78, 5) is 12.5. The van der Waals surface area contributed by atoms with Crippen LogP contribution in [0.5, 0.6) is 0 Å². The predicted octanol–water partition coefficient (Wildman–Crippen LogP) is 8.36. The Morgan fingerprint density at radius 1 is 0.933 bits per heavy atom. The van der Waals surface area contributed by atoms with Gasteiger partial charge in [-0.3, -0.25) is 0 Å². The summed E-state index contributed by atoms with van der Waals surface area (Å²) in [5, 5.41) is 0. The fourth-order valence-electron chi connectivity index (χ4n) is 5.01. The minimum Gasteiger partial charge on any atom is -0.459 e. The predicted molar refractivity (Wildman–Crippen MR) is 127 cm³/mol. The standard InChI is InChI=1S/C28H42O2/c1-3-4-5-6-7-8-9-23-12-14-24(15-13-23)25-16-18-26(19-17-25)28(29)30-27-20-10-22(2)11-21-27/h14,16-19,22-23,27H,3-13,15,20-21H2,1-2H3. The molecule has 0 bridgehead atoms. The molecule has 2 nitrogen and oxygen atoms in total. The second-order valence-electron chi connectivity index (χ2n) is 9.79. The maximum absolute atomic E-state index is 12.5. The van der Waals surface area contributed by atoms with Crippen LogP contribution in [0.2, 0.25) is 0 Å². The highest BCUT2D eigenvalue weighted by Gasteiger charge is 2.22. The van der Waals surface area contributed by atoms with Crippen molar-refractivity contribution in [3.8, 4) is 0 Å². The molecule has 2 aliphatic carbocycles. The lowest BCUT2D eigenvalue weighted by Crippen LogP contribution is -2.23. The van der Waals surface area contributed by atoms with Crippen LogP contribution in [0.25, 0.3) is 5.57 Å². The fourth-order valence-corrected chi connectivity index (χ4v) is 5.01. The monoisotopic (exact) mass is 410 g/mol. The van der Waals surface area contributed by atoms with Crippen molar-refractivity contribution in [1.29, 1.82) is 0 Å². The molecule has 0 N–H and O–H groups in total. The van der Waals surface area contributed by atoms with Gasteiger partial charge in [-0.15, -0.1) is 0 Å². The van der Waals surface area contributed by atoms with Crippen LogP contribution in [0.4, 0.5) is 0 Å². The van der Waals surface area contributed by atoms with E-state index in [9.17, 15) is 4.79 Å². The topological polar surface area (TPSA) is 26.3 Å². The van der Waals surface area contributed by atoms with Crippen molar-refractivity contribution in [2.45, 2.75) is 110 Å². The van der Waals surface area contributed by atoms with E-state index in [0.29, 0.717) is 5.56 Å². The quantitative estimate of drug-likeness (QED) is 0.286. The number of rotatable bonds is 10.